The zero-order valence-electron chi connectivity index (χ0n) is 10.8. The summed E-state index contributed by atoms with van der Waals surface area (Å²) in [7, 11) is 0. The molecule has 3 heteroatoms. The third-order valence-corrected chi connectivity index (χ3v) is 4.74. The van der Waals surface area contributed by atoms with E-state index >= 15 is 0 Å². The quantitative estimate of drug-likeness (QED) is 0.837. The van der Waals surface area contributed by atoms with E-state index < -0.39 is 0 Å². The minimum absolute atomic E-state index is 0.846. The molecule has 0 bridgehead atoms. The Balaban J connectivity index is 1.71. The van der Waals surface area contributed by atoms with Crippen molar-refractivity contribution in [1.29, 1.82) is 0 Å². The normalized spacial score (nSPS) is 20.6. The average molecular weight is 252 g/mol. The molecule has 96 valence electrons. The SMILES string of the molecule is CCCn1cccc1CNCC1CCCCS1. The Morgan fingerprint density at radius 3 is 3.18 bits per heavy atom. The average Bonchev–Trinajstić information content (AvgIpc) is 2.79. The number of nitrogens with one attached hydrogen (secondary N) is 1. The van der Waals surface area contributed by atoms with Gasteiger partial charge >= 0.3 is 0 Å². The summed E-state index contributed by atoms with van der Waals surface area (Å²) in [6.07, 6.45) is 7.63. The third kappa shape index (κ3) is 4.07. The molecule has 0 amide bonds. The lowest BCUT2D eigenvalue weighted by molar-refractivity contribution is 0.570. The number of hydrogen-bond donors (Lipinski definition) is 1. The highest BCUT2D eigenvalue weighted by molar-refractivity contribution is 7.99. The molecule has 17 heavy (non-hydrogen) atoms. The van der Waals surface area contributed by atoms with Gasteiger partial charge in [0.2, 0.25) is 0 Å². The van der Waals surface area contributed by atoms with Gasteiger partial charge in [-0.3, -0.25) is 0 Å². The van der Waals surface area contributed by atoms with Crippen molar-refractivity contribution in [2.45, 2.75) is 50.9 Å². The van der Waals surface area contributed by atoms with Crippen LogP contribution in [0.5, 0.6) is 0 Å². The van der Waals surface area contributed by atoms with Crippen LogP contribution in [0.3, 0.4) is 0 Å². The van der Waals surface area contributed by atoms with Crippen LogP contribution in [0.25, 0.3) is 0 Å². The summed E-state index contributed by atoms with van der Waals surface area (Å²) in [6.45, 7) is 5.56. The van der Waals surface area contributed by atoms with Crippen LogP contribution < -0.4 is 5.32 Å². The number of thioether (sulfide) groups is 1. The molecule has 1 aliphatic rings. The van der Waals surface area contributed by atoms with Crippen molar-refractivity contribution in [3.8, 4) is 0 Å². The first-order valence-electron chi connectivity index (χ1n) is 6.86. The highest BCUT2D eigenvalue weighted by atomic mass is 32.2. The second-order valence-electron chi connectivity index (χ2n) is 4.81. The summed E-state index contributed by atoms with van der Waals surface area (Å²) in [6, 6.07) is 4.39. The Kier molecular flexibility index (Phi) is 5.46. The summed E-state index contributed by atoms with van der Waals surface area (Å²) in [4.78, 5) is 0. The summed E-state index contributed by atoms with van der Waals surface area (Å²) in [5.74, 6) is 1.36. The van der Waals surface area contributed by atoms with Gasteiger partial charge < -0.3 is 9.88 Å². The van der Waals surface area contributed by atoms with Crippen molar-refractivity contribution in [2.75, 3.05) is 12.3 Å². The van der Waals surface area contributed by atoms with Crippen molar-refractivity contribution in [1.82, 2.24) is 9.88 Å². The van der Waals surface area contributed by atoms with Crippen LogP contribution in [0.1, 0.15) is 38.3 Å². The third-order valence-electron chi connectivity index (χ3n) is 3.34. The number of aromatic nitrogens is 1. The van der Waals surface area contributed by atoms with Gasteiger partial charge in [-0.25, -0.2) is 0 Å². The smallest absolute Gasteiger partial charge is 0.0359 e. The molecule has 0 saturated carbocycles. The van der Waals surface area contributed by atoms with Gasteiger partial charge in [0.15, 0.2) is 0 Å². The lowest BCUT2D eigenvalue weighted by Gasteiger charge is -2.21. The van der Waals surface area contributed by atoms with Gasteiger partial charge in [-0.2, -0.15) is 11.8 Å². The molecule has 0 aromatic carbocycles. The molecule has 1 unspecified atom stereocenters. The molecule has 1 aliphatic heterocycles. The molecule has 2 rings (SSSR count). The van der Waals surface area contributed by atoms with Gasteiger partial charge in [-0.1, -0.05) is 13.3 Å². The molecule has 1 aromatic rings. The Morgan fingerprint density at radius 1 is 1.47 bits per heavy atom. The molecule has 1 atom stereocenters. The van der Waals surface area contributed by atoms with E-state index in [9.17, 15) is 0 Å². The molecule has 1 saturated heterocycles. The largest absolute Gasteiger partial charge is 0.350 e. The van der Waals surface area contributed by atoms with Crippen LogP contribution in [0.15, 0.2) is 18.3 Å². The molecule has 0 radical (unpaired) electrons. The number of aryl methyl sites for hydroxylation is 1. The lowest BCUT2D eigenvalue weighted by Crippen LogP contribution is -2.27. The van der Waals surface area contributed by atoms with Gasteiger partial charge in [-0.15, -0.1) is 0 Å². The molecule has 1 aromatic heterocycles. The summed E-state index contributed by atoms with van der Waals surface area (Å²) in [5.41, 5.74) is 1.42. The molecule has 0 aliphatic carbocycles. The Labute approximate surface area is 109 Å². The van der Waals surface area contributed by atoms with E-state index in [1.165, 1.54) is 43.7 Å². The van der Waals surface area contributed by atoms with E-state index in [0.717, 1.165) is 18.3 Å². The second-order valence-corrected chi connectivity index (χ2v) is 6.22. The second kappa shape index (κ2) is 7.12. The van der Waals surface area contributed by atoms with E-state index in [4.69, 9.17) is 0 Å². The van der Waals surface area contributed by atoms with E-state index in [0.29, 0.717) is 0 Å². The molecular weight excluding hydrogens is 228 g/mol. The van der Waals surface area contributed by atoms with E-state index in [-0.39, 0.29) is 0 Å². The first kappa shape index (κ1) is 13.0. The van der Waals surface area contributed by atoms with Crippen LogP contribution in [-0.4, -0.2) is 22.1 Å². The molecule has 2 heterocycles. The zero-order chi connectivity index (χ0) is 11.9. The first-order valence-corrected chi connectivity index (χ1v) is 7.91. The van der Waals surface area contributed by atoms with Crippen LogP contribution in [-0.2, 0) is 13.1 Å². The summed E-state index contributed by atoms with van der Waals surface area (Å²) < 4.78 is 2.36. The number of rotatable bonds is 6. The number of hydrogen-bond acceptors (Lipinski definition) is 2. The highest BCUT2D eigenvalue weighted by Crippen LogP contribution is 2.24. The Bertz CT molecular complexity index is 316. The van der Waals surface area contributed by atoms with Crippen LogP contribution in [0, 0.1) is 0 Å². The van der Waals surface area contributed by atoms with Gasteiger partial charge in [0.25, 0.3) is 0 Å². The first-order chi connectivity index (χ1) is 8.40. The van der Waals surface area contributed by atoms with Crippen molar-refractivity contribution in [3.63, 3.8) is 0 Å². The van der Waals surface area contributed by atoms with Gasteiger partial charge in [-0.05, 0) is 37.1 Å². The fraction of sp³-hybridized carbons (Fsp3) is 0.714. The lowest BCUT2D eigenvalue weighted by atomic mass is 10.2. The fourth-order valence-corrected chi connectivity index (χ4v) is 3.67. The van der Waals surface area contributed by atoms with Crippen LogP contribution >= 0.6 is 11.8 Å². The van der Waals surface area contributed by atoms with Crippen molar-refractivity contribution in [2.24, 2.45) is 0 Å². The van der Waals surface area contributed by atoms with Gasteiger partial charge in [0, 0.05) is 36.8 Å². The van der Waals surface area contributed by atoms with Crippen LogP contribution in [0.4, 0.5) is 0 Å². The molecular formula is C14H24N2S. The monoisotopic (exact) mass is 252 g/mol. The van der Waals surface area contributed by atoms with E-state index in [2.05, 4.69) is 46.9 Å². The van der Waals surface area contributed by atoms with Crippen molar-refractivity contribution >= 4 is 11.8 Å². The minimum atomic E-state index is 0.846. The summed E-state index contributed by atoms with van der Waals surface area (Å²) in [5, 5.41) is 4.46. The zero-order valence-corrected chi connectivity index (χ0v) is 11.6. The topological polar surface area (TPSA) is 17.0 Å². The van der Waals surface area contributed by atoms with Crippen molar-refractivity contribution in [3.05, 3.63) is 24.0 Å². The van der Waals surface area contributed by atoms with Gasteiger partial charge in [0.1, 0.15) is 0 Å². The summed E-state index contributed by atoms with van der Waals surface area (Å²) >= 11 is 2.15. The maximum Gasteiger partial charge on any atom is 0.0359 e. The van der Waals surface area contributed by atoms with E-state index in [1.807, 2.05) is 0 Å². The molecule has 2 nitrogen and oxygen atoms in total. The fourth-order valence-electron chi connectivity index (χ4n) is 2.40. The maximum absolute atomic E-state index is 3.61. The minimum Gasteiger partial charge on any atom is -0.350 e. The molecule has 1 N–H and O–H groups in total. The predicted octanol–water partition coefficient (Wildman–Crippen LogP) is 3.27. The Morgan fingerprint density at radius 2 is 2.41 bits per heavy atom. The predicted molar refractivity (Wildman–Crippen MR) is 76.5 cm³/mol. The van der Waals surface area contributed by atoms with E-state index in [1.54, 1.807) is 0 Å². The Hall–Kier alpha value is -0.410. The maximum atomic E-state index is 3.61. The molecule has 0 spiro atoms. The number of nitrogens with zero attached hydrogens (tertiary/aromatic N) is 1. The highest BCUT2D eigenvalue weighted by Gasteiger charge is 2.13. The standard InChI is InChI=1S/C14H24N2S/c1-2-8-16-9-5-6-13(16)11-15-12-14-7-3-4-10-17-14/h5-6,9,14-15H,2-4,7-8,10-12H2,1H3. The molecule has 1 fully saturated rings. The van der Waals surface area contributed by atoms with Gasteiger partial charge in [0.05, 0.1) is 0 Å². The van der Waals surface area contributed by atoms with Crippen LogP contribution in [0.2, 0.25) is 0 Å². The van der Waals surface area contributed by atoms with Crippen molar-refractivity contribution < 1.29 is 0 Å².